The highest BCUT2D eigenvalue weighted by Crippen LogP contribution is 2.28. The Labute approximate surface area is 162 Å². The second-order valence-electron chi connectivity index (χ2n) is 8.55. The van der Waals surface area contributed by atoms with Crippen LogP contribution in [0.25, 0.3) is 0 Å². The van der Waals surface area contributed by atoms with Crippen LogP contribution >= 0.6 is 0 Å². The maximum absolute atomic E-state index is 13.2. The molecule has 1 unspecified atom stereocenters. The van der Waals surface area contributed by atoms with Crippen molar-refractivity contribution in [1.29, 1.82) is 0 Å². The van der Waals surface area contributed by atoms with Crippen LogP contribution < -0.4 is 0 Å². The molecule has 0 bridgehead atoms. The van der Waals surface area contributed by atoms with E-state index in [9.17, 15) is 14.3 Å². The van der Waals surface area contributed by atoms with Gasteiger partial charge in [-0.15, -0.1) is 0 Å². The summed E-state index contributed by atoms with van der Waals surface area (Å²) in [6.45, 7) is 7.74. The van der Waals surface area contributed by atoms with Crippen LogP contribution in [0.5, 0.6) is 0 Å². The van der Waals surface area contributed by atoms with Crippen LogP contribution in [0.2, 0.25) is 0 Å². The third-order valence-electron chi connectivity index (χ3n) is 6.18. The minimum Gasteiger partial charge on any atom is -0.393 e. The van der Waals surface area contributed by atoms with E-state index in [0.29, 0.717) is 12.0 Å². The topological polar surface area (TPSA) is 43.8 Å². The Hall–Kier alpha value is -1.46. The van der Waals surface area contributed by atoms with Crippen LogP contribution in [0.3, 0.4) is 0 Å². The molecule has 27 heavy (non-hydrogen) atoms. The maximum Gasteiger partial charge on any atom is 0.225 e. The van der Waals surface area contributed by atoms with Gasteiger partial charge in [-0.1, -0.05) is 26.0 Å². The minimum absolute atomic E-state index is 0.0739. The number of halogens is 1. The molecule has 1 heterocycles. The molecule has 1 aromatic rings. The van der Waals surface area contributed by atoms with Crippen molar-refractivity contribution in [3.8, 4) is 0 Å². The summed E-state index contributed by atoms with van der Waals surface area (Å²) in [7, 11) is 0. The van der Waals surface area contributed by atoms with Crippen molar-refractivity contribution >= 4 is 5.91 Å². The second-order valence-corrected chi connectivity index (χ2v) is 8.55. The number of carbonyl (C=O) groups excluding carboxylic acids is 1. The molecule has 0 spiro atoms. The summed E-state index contributed by atoms with van der Waals surface area (Å²) < 4.78 is 13.2. The lowest BCUT2D eigenvalue weighted by atomic mass is 9.86. The molecule has 3 rings (SSSR count). The van der Waals surface area contributed by atoms with E-state index in [0.717, 1.165) is 63.8 Å². The van der Waals surface area contributed by atoms with E-state index >= 15 is 0 Å². The summed E-state index contributed by atoms with van der Waals surface area (Å²) >= 11 is 0. The van der Waals surface area contributed by atoms with Crippen LogP contribution in [-0.2, 0) is 11.3 Å². The van der Waals surface area contributed by atoms with E-state index in [4.69, 9.17) is 0 Å². The zero-order valence-corrected chi connectivity index (χ0v) is 16.6. The molecule has 1 amide bonds. The van der Waals surface area contributed by atoms with E-state index < -0.39 is 0 Å². The molecular weight excluding hydrogens is 343 g/mol. The fourth-order valence-electron chi connectivity index (χ4n) is 4.50. The van der Waals surface area contributed by atoms with E-state index in [-0.39, 0.29) is 23.7 Å². The van der Waals surface area contributed by atoms with Crippen molar-refractivity contribution < 1.29 is 14.3 Å². The third kappa shape index (κ3) is 5.29. The van der Waals surface area contributed by atoms with Crippen LogP contribution in [0.4, 0.5) is 4.39 Å². The van der Waals surface area contributed by atoms with Crippen molar-refractivity contribution in [1.82, 2.24) is 9.80 Å². The van der Waals surface area contributed by atoms with E-state index in [1.165, 1.54) is 12.1 Å². The van der Waals surface area contributed by atoms with Crippen molar-refractivity contribution in [2.24, 2.45) is 11.8 Å². The monoisotopic (exact) mass is 376 g/mol. The van der Waals surface area contributed by atoms with Crippen LogP contribution in [0.15, 0.2) is 24.3 Å². The maximum atomic E-state index is 13.2. The second kappa shape index (κ2) is 9.16. The Bertz CT molecular complexity index is 611. The molecule has 1 saturated heterocycles. The summed E-state index contributed by atoms with van der Waals surface area (Å²) in [6.07, 6.45) is 3.84. The summed E-state index contributed by atoms with van der Waals surface area (Å²) in [5.41, 5.74) is 1.11. The molecule has 1 aliphatic heterocycles. The number of amides is 1. The lowest BCUT2D eigenvalue weighted by molar-refractivity contribution is -0.137. The van der Waals surface area contributed by atoms with Gasteiger partial charge in [-0.3, -0.25) is 9.69 Å². The molecule has 4 nitrogen and oxygen atoms in total. The Morgan fingerprint density at radius 2 is 1.81 bits per heavy atom. The number of carbonyl (C=O) groups is 1. The standard InChI is InChI=1S/C22H33FN2O2/c1-16(2)21-15-25(22(27)18-6-10-20(26)11-7-18)13-3-12-24(21)14-17-4-8-19(23)9-5-17/h4-5,8-9,16,18,20-21,26H,3,6-7,10-15H2,1-2H3. The molecule has 2 aliphatic rings. The smallest absolute Gasteiger partial charge is 0.225 e. The molecule has 150 valence electrons. The predicted octanol–water partition coefficient (Wildman–Crippen LogP) is 3.44. The zero-order valence-electron chi connectivity index (χ0n) is 16.6. The number of aliphatic hydroxyl groups excluding tert-OH is 1. The highest BCUT2D eigenvalue weighted by molar-refractivity contribution is 5.79. The Balaban J connectivity index is 1.67. The SMILES string of the molecule is CC(C)C1CN(C(=O)C2CCC(O)CC2)CCCN1Cc1ccc(F)cc1. The summed E-state index contributed by atoms with van der Waals surface area (Å²) in [5, 5.41) is 9.72. The number of rotatable bonds is 4. The van der Waals surface area contributed by atoms with Gasteiger partial charge in [-0.2, -0.15) is 0 Å². The average Bonchev–Trinajstić information content (AvgIpc) is 2.86. The first-order valence-electron chi connectivity index (χ1n) is 10.4. The van der Waals surface area contributed by atoms with E-state index in [1.807, 2.05) is 12.1 Å². The van der Waals surface area contributed by atoms with Crippen LogP contribution in [0.1, 0.15) is 51.5 Å². The first-order valence-corrected chi connectivity index (χ1v) is 10.4. The average molecular weight is 377 g/mol. The normalized spacial score (nSPS) is 27.6. The summed E-state index contributed by atoms with van der Waals surface area (Å²) in [4.78, 5) is 17.6. The molecule has 1 atom stereocenters. The molecule has 1 N–H and O–H groups in total. The molecule has 1 saturated carbocycles. The summed E-state index contributed by atoms with van der Waals surface area (Å²) in [5.74, 6) is 0.581. The Morgan fingerprint density at radius 1 is 1.15 bits per heavy atom. The Kier molecular flexibility index (Phi) is 6.88. The molecule has 0 radical (unpaired) electrons. The lowest BCUT2D eigenvalue weighted by Crippen LogP contribution is -2.47. The van der Waals surface area contributed by atoms with Crippen molar-refractivity contribution in [3.63, 3.8) is 0 Å². The van der Waals surface area contributed by atoms with Crippen LogP contribution in [-0.4, -0.2) is 52.6 Å². The molecule has 1 aromatic carbocycles. The number of benzene rings is 1. The van der Waals surface area contributed by atoms with Crippen molar-refractivity contribution in [3.05, 3.63) is 35.6 Å². The fourth-order valence-corrected chi connectivity index (χ4v) is 4.50. The van der Waals surface area contributed by atoms with Gasteiger partial charge in [-0.25, -0.2) is 4.39 Å². The third-order valence-corrected chi connectivity index (χ3v) is 6.18. The largest absolute Gasteiger partial charge is 0.393 e. The van der Waals surface area contributed by atoms with Gasteiger partial charge < -0.3 is 10.0 Å². The highest BCUT2D eigenvalue weighted by atomic mass is 19.1. The van der Waals surface area contributed by atoms with Crippen LogP contribution in [0, 0.1) is 17.7 Å². The highest BCUT2D eigenvalue weighted by Gasteiger charge is 2.33. The molecular formula is C22H33FN2O2. The first kappa shape index (κ1) is 20.3. The van der Waals surface area contributed by atoms with Gasteiger partial charge in [-0.05, 0) is 55.7 Å². The first-order chi connectivity index (χ1) is 12.9. The van der Waals surface area contributed by atoms with Gasteiger partial charge >= 0.3 is 0 Å². The van der Waals surface area contributed by atoms with Gasteiger partial charge in [0.1, 0.15) is 5.82 Å². The van der Waals surface area contributed by atoms with Gasteiger partial charge in [0.2, 0.25) is 5.91 Å². The predicted molar refractivity (Wildman–Crippen MR) is 105 cm³/mol. The van der Waals surface area contributed by atoms with Gasteiger partial charge in [0.05, 0.1) is 6.10 Å². The van der Waals surface area contributed by atoms with Crippen molar-refractivity contribution in [2.75, 3.05) is 19.6 Å². The number of nitrogens with zero attached hydrogens (tertiary/aromatic N) is 2. The molecule has 0 aromatic heterocycles. The van der Waals surface area contributed by atoms with Crippen molar-refractivity contribution in [2.45, 2.75) is 64.6 Å². The molecule has 5 heteroatoms. The van der Waals surface area contributed by atoms with Gasteiger partial charge in [0, 0.05) is 38.1 Å². The van der Waals surface area contributed by atoms with E-state index in [1.54, 1.807) is 0 Å². The van der Waals surface area contributed by atoms with Gasteiger partial charge in [0.25, 0.3) is 0 Å². The van der Waals surface area contributed by atoms with Gasteiger partial charge in [0.15, 0.2) is 0 Å². The Morgan fingerprint density at radius 3 is 2.44 bits per heavy atom. The minimum atomic E-state index is -0.229. The molecule has 2 fully saturated rings. The number of hydrogen-bond acceptors (Lipinski definition) is 3. The summed E-state index contributed by atoms with van der Waals surface area (Å²) in [6, 6.07) is 7.05. The molecule has 1 aliphatic carbocycles. The number of aliphatic hydroxyl groups is 1. The quantitative estimate of drug-likeness (QED) is 0.875. The van der Waals surface area contributed by atoms with E-state index in [2.05, 4.69) is 23.6 Å². The number of hydrogen-bond donors (Lipinski definition) is 1. The zero-order chi connectivity index (χ0) is 19.4. The lowest BCUT2D eigenvalue weighted by Gasteiger charge is -2.36. The fraction of sp³-hybridized carbons (Fsp3) is 0.682.